The van der Waals surface area contributed by atoms with E-state index in [1.807, 2.05) is 13.8 Å². The molecule has 35 heavy (non-hydrogen) atoms. The van der Waals surface area contributed by atoms with Crippen molar-refractivity contribution in [2.45, 2.75) is 76.5 Å². The van der Waals surface area contributed by atoms with Crippen molar-refractivity contribution in [3.05, 3.63) is 46.8 Å². The summed E-state index contributed by atoms with van der Waals surface area (Å²) < 4.78 is 41.1. The molecule has 0 radical (unpaired) electrons. The molecule has 5 atom stereocenters. The molecule has 1 aromatic heterocycles. The van der Waals surface area contributed by atoms with Crippen molar-refractivity contribution in [1.82, 2.24) is 0 Å². The summed E-state index contributed by atoms with van der Waals surface area (Å²) in [4.78, 5) is 12.2. The summed E-state index contributed by atoms with van der Waals surface area (Å²) in [6.45, 7) is 9.91. The Morgan fingerprint density at radius 2 is 2.06 bits per heavy atom. The van der Waals surface area contributed by atoms with E-state index >= 15 is 0 Å². The Balaban J connectivity index is 1.67. The number of methoxy groups -OCH3 is 1. The van der Waals surface area contributed by atoms with Crippen LogP contribution in [0.25, 0.3) is 11.0 Å². The third kappa shape index (κ3) is 5.39. The average molecular weight is 491 g/mol. The number of aliphatic hydroxyl groups excluding tert-OH is 1. The number of rotatable bonds is 8. The Labute approximate surface area is 204 Å². The van der Waals surface area contributed by atoms with Crippen LogP contribution in [-0.4, -0.2) is 61.9 Å². The van der Waals surface area contributed by atoms with Crippen LogP contribution in [0.5, 0.6) is 11.5 Å². The van der Waals surface area contributed by atoms with Gasteiger partial charge in [0.15, 0.2) is 12.4 Å². The average Bonchev–Trinajstić information content (AvgIpc) is 2.82. The van der Waals surface area contributed by atoms with Crippen molar-refractivity contribution >= 4 is 11.0 Å². The lowest BCUT2D eigenvalue weighted by molar-refractivity contribution is -0.339. The Hall–Kier alpha value is -2.43. The molecule has 2 fully saturated rings. The molecule has 0 aliphatic carbocycles. The van der Waals surface area contributed by atoms with Gasteiger partial charge in [-0.3, -0.25) is 0 Å². The monoisotopic (exact) mass is 490 g/mol. The lowest BCUT2D eigenvalue weighted by atomic mass is 9.89. The summed E-state index contributed by atoms with van der Waals surface area (Å²) >= 11 is 0. The zero-order valence-electron chi connectivity index (χ0n) is 20.7. The molecule has 1 N–H and O–H groups in total. The smallest absolute Gasteiger partial charge is 0.339 e. The van der Waals surface area contributed by atoms with E-state index in [1.165, 1.54) is 13.2 Å². The highest BCUT2D eigenvalue weighted by Crippen LogP contribution is 2.38. The quantitative estimate of drug-likeness (QED) is 0.440. The Bertz CT molecular complexity index is 1090. The summed E-state index contributed by atoms with van der Waals surface area (Å²) in [5.74, 6) is 0.818. The number of benzene rings is 1. The number of hydrogen-bond acceptors (Lipinski definition) is 9. The molecule has 1 aromatic carbocycles. The first-order valence-corrected chi connectivity index (χ1v) is 11.9. The van der Waals surface area contributed by atoms with E-state index in [1.54, 1.807) is 25.1 Å². The van der Waals surface area contributed by atoms with Gasteiger partial charge in [-0.05, 0) is 52.2 Å². The Kier molecular flexibility index (Phi) is 7.83. The number of aliphatic hydroxyl groups is 1. The molecular formula is C26H34O9. The van der Waals surface area contributed by atoms with Gasteiger partial charge in [0.2, 0.25) is 6.29 Å². The molecular weight excluding hydrogens is 456 g/mol. The van der Waals surface area contributed by atoms with E-state index in [-0.39, 0.29) is 6.61 Å². The molecule has 2 saturated heterocycles. The molecule has 9 heteroatoms. The summed E-state index contributed by atoms with van der Waals surface area (Å²) in [6.07, 6.45) is 0.257. The highest BCUT2D eigenvalue weighted by Gasteiger charge is 2.52. The van der Waals surface area contributed by atoms with E-state index < -0.39 is 42.1 Å². The van der Waals surface area contributed by atoms with E-state index in [0.29, 0.717) is 41.1 Å². The minimum atomic E-state index is -1.03. The van der Waals surface area contributed by atoms with Gasteiger partial charge in [-0.25, -0.2) is 4.79 Å². The first kappa shape index (κ1) is 25.7. The van der Waals surface area contributed by atoms with Crippen molar-refractivity contribution in [3.63, 3.8) is 0 Å². The van der Waals surface area contributed by atoms with E-state index in [0.717, 1.165) is 12.8 Å². The number of hydrogen-bond donors (Lipinski definition) is 1. The first-order chi connectivity index (χ1) is 16.7. The standard InChI is InChI=1S/C26H34O9/c1-6-12-30-18-14-19(27)33-22-15(2)17(11-10-16(18)22)32-25-23(34-20-9-7-8-13-31-20)21(28)24(29-5)26(3,4)35-25/h6,10-11,14,20-21,23-25,28H,1,7-9,12-13H2,2-5H3/t20?,21-,23+,24+,25+/m0/s1. The molecule has 4 rings (SSSR count). The first-order valence-electron chi connectivity index (χ1n) is 11.9. The second-order valence-corrected chi connectivity index (χ2v) is 9.35. The lowest BCUT2D eigenvalue weighted by Crippen LogP contribution is -2.65. The number of aryl methyl sites for hydroxylation is 1. The van der Waals surface area contributed by atoms with E-state index in [9.17, 15) is 9.90 Å². The van der Waals surface area contributed by atoms with Crippen molar-refractivity contribution in [3.8, 4) is 11.5 Å². The van der Waals surface area contributed by atoms with Crippen LogP contribution in [-0.2, 0) is 18.9 Å². The van der Waals surface area contributed by atoms with Gasteiger partial charge in [0.25, 0.3) is 0 Å². The van der Waals surface area contributed by atoms with Gasteiger partial charge < -0.3 is 37.9 Å². The Morgan fingerprint density at radius 3 is 2.74 bits per heavy atom. The van der Waals surface area contributed by atoms with Gasteiger partial charge in [0, 0.05) is 19.3 Å². The zero-order chi connectivity index (χ0) is 25.2. The fraction of sp³-hybridized carbons (Fsp3) is 0.577. The van der Waals surface area contributed by atoms with Gasteiger partial charge in [0.05, 0.1) is 17.1 Å². The topological polar surface area (TPSA) is 106 Å². The number of ether oxygens (including phenoxy) is 6. The maximum absolute atomic E-state index is 12.2. The van der Waals surface area contributed by atoms with Crippen LogP contribution < -0.4 is 15.1 Å². The van der Waals surface area contributed by atoms with Gasteiger partial charge in [-0.15, -0.1) is 0 Å². The van der Waals surface area contributed by atoms with Crippen LogP contribution in [0.15, 0.2) is 40.1 Å². The van der Waals surface area contributed by atoms with Crippen molar-refractivity contribution in [2.75, 3.05) is 20.3 Å². The molecule has 0 amide bonds. The third-order valence-electron chi connectivity index (χ3n) is 6.39. The van der Waals surface area contributed by atoms with Crippen LogP contribution in [0.1, 0.15) is 38.7 Å². The van der Waals surface area contributed by atoms with Gasteiger partial charge in [-0.1, -0.05) is 12.7 Å². The van der Waals surface area contributed by atoms with E-state index in [2.05, 4.69) is 6.58 Å². The summed E-state index contributed by atoms with van der Waals surface area (Å²) in [6, 6.07) is 4.80. The molecule has 2 aliphatic heterocycles. The van der Waals surface area contributed by atoms with Crippen LogP contribution >= 0.6 is 0 Å². The predicted octanol–water partition coefficient (Wildman–Crippen LogP) is 3.47. The van der Waals surface area contributed by atoms with Crippen molar-refractivity contribution in [2.24, 2.45) is 0 Å². The molecule has 2 aromatic rings. The van der Waals surface area contributed by atoms with Crippen LogP contribution in [0.2, 0.25) is 0 Å². The second-order valence-electron chi connectivity index (χ2n) is 9.35. The van der Waals surface area contributed by atoms with Crippen LogP contribution in [0.4, 0.5) is 0 Å². The molecule has 2 aliphatic rings. The minimum absolute atomic E-state index is 0.252. The van der Waals surface area contributed by atoms with Crippen molar-refractivity contribution < 1.29 is 37.9 Å². The van der Waals surface area contributed by atoms with Crippen LogP contribution in [0.3, 0.4) is 0 Å². The fourth-order valence-electron chi connectivity index (χ4n) is 4.67. The highest BCUT2D eigenvalue weighted by atomic mass is 16.7. The zero-order valence-corrected chi connectivity index (χ0v) is 20.7. The predicted molar refractivity (Wildman–Crippen MR) is 128 cm³/mol. The molecule has 3 heterocycles. The van der Waals surface area contributed by atoms with Crippen molar-refractivity contribution in [1.29, 1.82) is 0 Å². The minimum Gasteiger partial charge on any atom is -0.489 e. The molecule has 0 saturated carbocycles. The highest BCUT2D eigenvalue weighted by molar-refractivity contribution is 5.87. The molecule has 0 bridgehead atoms. The second kappa shape index (κ2) is 10.7. The third-order valence-corrected chi connectivity index (χ3v) is 6.39. The van der Waals surface area contributed by atoms with Gasteiger partial charge in [0.1, 0.15) is 35.9 Å². The number of fused-ring (bicyclic) bond motifs is 1. The maximum atomic E-state index is 12.2. The maximum Gasteiger partial charge on any atom is 0.339 e. The Morgan fingerprint density at radius 1 is 1.26 bits per heavy atom. The van der Waals surface area contributed by atoms with E-state index in [4.69, 9.17) is 32.8 Å². The summed E-state index contributed by atoms with van der Waals surface area (Å²) in [5, 5.41) is 11.8. The fourth-order valence-corrected chi connectivity index (χ4v) is 4.67. The van der Waals surface area contributed by atoms with Gasteiger partial charge >= 0.3 is 5.63 Å². The normalized spacial score (nSPS) is 28.5. The summed E-state index contributed by atoms with van der Waals surface area (Å²) in [5.41, 5.74) is -0.482. The van der Waals surface area contributed by atoms with Crippen LogP contribution in [0, 0.1) is 6.92 Å². The SMILES string of the molecule is C=CCOc1cc(=O)oc2c(C)c(O[C@@H]3OC(C)(C)[C@H](OC)[C@@H](O)[C@H]3OC3CCCCO3)ccc12. The van der Waals surface area contributed by atoms with Gasteiger partial charge in [-0.2, -0.15) is 0 Å². The summed E-state index contributed by atoms with van der Waals surface area (Å²) in [7, 11) is 1.52. The largest absolute Gasteiger partial charge is 0.489 e. The molecule has 0 spiro atoms. The molecule has 9 nitrogen and oxygen atoms in total. The lowest BCUT2D eigenvalue weighted by Gasteiger charge is -2.48. The molecule has 1 unspecified atom stereocenters. The molecule has 192 valence electrons.